The molecule has 45 heavy (non-hydrogen) atoms. The molecule has 6 aromatic rings. The summed E-state index contributed by atoms with van der Waals surface area (Å²) >= 11 is 6.49. The Labute approximate surface area is 264 Å². The van der Waals surface area contributed by atoms with Gasteiger partial charge in [-0.3, -0.25) is 10.1 Å². The standard InChI is InChI=1S/C34H31ClN8O2/c1-34(2,3)45-33(44)42-19-23-16-24(42)18-41(23)22-6-4-20(5-7-22)28-12-15-37-32-29(25-8-9-27(35)31-26(25)17-38-39-31)30(40-43(28)32)21-10-13-36-14-11-21/h4-15,17,23-24H,16,18-19H2,1-3H3,(H,38,39)/t23-,24-/m0/s1. The number of piperazine rings is 1. The van der Waals surface area contributed by atoms with Crippen LogP contribution in [0.4, 0.5) is 10.5 Å². The topological polar surface area (TPSA) is 105 Å². The number of amides is 1. The van der Waals surface area contributed by atoms with Crippen LogP contribution in [0, 0.1) is 0 Å². The first kappa shape index (κ1) is 27.6. The van der Waals surface area contributed by atoms with Crippen LogP contribution in [0.1, 0.15) is 27.2 Å². The predicted molar refractivity (Wildman–Crippen MR) is 174 cm³/mol. The lowest BCUT2D eigenvalue weighted by atomic mass is 9.99. The van der Waals surface area contributed by atoms with Gasteiger partial charge < -0.3 is 14.5 Å². The monoisotopic (exact) mass is 618 g/mol. The Bertz CT molecular complexity index is 2070. The third-order valence-electron chi connectivity index (χ3n) is 8.67. The van der Waals surface area contributed by atoms with E-state index in [4.69, 9.17) is 26.4 Å². The summed E-state index contributed by atoms with van der Waals surface area (Å²) < 4.78 is 7.56. The number of carbonyl (C=O) groups is 1. The van der Waals surface area contributed by atoms with Crippen molar-refractivity contribution in [2.24, 2.45) is 0 Å². The fourth-order valence-corrected chi connectivity index (χ4v) is 6.90. The number of ether oxygens (including phenoxy) is 1. The zero-order chi connectivity index (χ0) is 30.9. The average Bonchev–Trinajstić information content (AvgIpc) is 3.84. The minimum atomic E-state index is -0.498. The van der Waals surface area contributed by atoms with Gasteiger partial charge in [-0.15, -0.1) is 0 Å². The van der Waals surface area contributed by atoms with E-state index in [2.05, 4.69) is 44.3 Å². The Balaban J connectivity index is 1.15. The normalized spacial score (nSPS) is 18.0. The largest absolute Gasteiger partial charge is 0.444 e. The number of nitrogens with one attached hydrogen (secondary N) is 1. The number of pyridine rings is 1. The highest BCUT2D eigenvalue weighted by molar-refractivity contribution is 6.35. The minimum Gasteiger partial charge on any atom is -0.444 e. The molecule has 6 heterocycles. The molecule has 2 bridgehead atoms. The maximum Gasteiger partial charge on any atom is 0.410 e. The van der Waals surface area contributed by atoms with Crippen molar-refractivity contribution in [2.45, 2.75) is 44.9 Å². The van der Waals surface area contributed by atoms with E-state index in [1.807, 2.05) is 66.7 Å². The van der Waals surface area contributed by atoms with Crippen molar-refractivity contribution in [3.8, 4) is 33.6 Å². The van der Waals surface area contributed by atoms with Crippen molar-refractivity contribution in [2.75, 3.05) is 18.0 Å². The van der Waals surface area contributed by atoms with Gasteiger partial charge in [-0.1, -0.05) is 29.8 Å². The Morgan fingerprint density at radius 1 is 0.956 bits per heavy atom. The van der Waals surface area contributed by atoms with Crippen LogP contribution in [0.25, 0.3) is 50.2 Å². The van der Waals surface area contributed by atoms with Gasteiger partial charge in [-0.25, -0.2) is 14.3 Å². The molecule has 2 saturated heterocycles. The van der Waals surface area contributed by atoms with E-state index < -0.39 is 5.60 Å². The molecule has 2 atom stereocenters. The van der Waals surface area contributed by atoms with Crippen LogP contribution in [0.5, 0.6) is 0 Å². The third kappa shape index (κ3) is 4.67. The first-order chi connectivity index (χ1) is 21.7. The van der Waals surface area contributed by atoms with Crippen LogP contribution in [0.3, 0.4) is 0 Å². The van der Waals surface area contributed by atoms with Crippen molar-refractivity contribution in [3.05, 3.63) is 84.4 Å². The Kier molecular flexibility index (Phi) is 6.32. The van der Waals surface area contributed by atoms with Crippen molar-refractivity contribution < 1.29 is 9.53 Å². The van der Waals surface area contributed by atoms with Crippen molar-refractivity contribution in [3.63, 3.8) is 0 Å². The quantitative estimate of drug-likeness (QED) is 0.230. The number of H-pyrrole nitrogens is 1. The highest BCUT2D eigenvalue weighted by atomic mass is 35.5. The molecule has 11 heteroatoms. The molecule has 4 aromatic heterocycles. The molecular formula is C34H31ClN8O2. The summed E-state index contributed by atoms with van der Waals surface area (Å²) in [5.41, 5.74) is 7.64. The summed E-state index contributed by atoms with van der Waals surface area (Å²) in [4.78, 5) is 26.1. The van der Waals surface area contributed by atoms with Crippen LogP contribution in [0.15, 0.2) is 79.4 Å². The molecule has 226 valence electrons. The van der Waals surface area contributed by atoms with E-state index >= 15 is 0 Å². The molecular weight excluding hydrogens is 588 g/mol. The van der Waals surface area contributed by atoms with Crippen LogP contribution in [0.2, 0.25) is 5.02 Å². The van der Waals surface area contributed by atoms with Gasteiger partial charge in [0.2, 0.25) is 0 Å². The van der Waals surface area contributed by atoms with Gasteiger partial charge in [0.15, 0.2) is 5.65 Å². The number of aromatic amines is 1. The number of fused-ring (bicyclic) bond motifs is 4. The summed E-state index contributed by atoms with van der Waals surface area (Å²) in [6, 6.07) is 18.8. The lowest BCUT2D eigenvalue weighted by Gasteiger charge is -2.36. The number of benzene rings is 2. The van der Waals surface area contributed by atoms with E-state index in [0.29, 0.717) is 11.6 Å². The van der Waals surface area contributed by atoms with Crippen LogP contribution >= 0.6 is 11.6 Å². The van der Waals surface area contributed by atoms with E-state index in [1.165, 1.54) is 0 Å². The number of halogens is 1. The van der Waals surface area contributed by atoms with Gasteiger partial charge in [0.1, 0.15) is 11.3 Å². The lowest BCUT2D eigenvalue weighted by molar-refractivity contribution is 0.0214. The molecule has 10 nitrogen and oxygen atoms in total. The number of aromatic nitrogens is 6. The van der Waals surface area contributed by atoms with Crippen molar-refractivity contribution in [1.82, 2.24) is 34.7 Å². The molecule has 2 aliphatic heterocycles. The van der Waals surface area contributed by atoms with Gasteiger partial charge in [0.05, 0.1) is 34.0 Å². The highest BCUT2D eigenvalue weighted by Crippen LogP contribution is 2.41. The molecule has 2 fully saturated rings. The Morgan fingerprint density at radius 3 is 2.49 bits per heavy atom. The van der Waals surface area contributed by atoms with E-state index in [0.717, 1.165) is 68.8 Å². The Hall–Kier alpha value is -4.96. The number of likely N-dealkylation sites (tertiary alicyclic amines) is 1. The molecule has 1 amide bonds. The van der Waals surface area contributed by atoms with Gasteiger partial charge in [-0.2, -0.15) is 10.2 Å². The molecule has 8 rings (SSSR count). The van der Waals surface area contributed by atoms with Crippen LogP contribution in [-0.4, -0.2) is 71.5 Å². The van der Waals surface area contributed by atoms with Gasteiger partial charge in [-0.05, 0) is 69.2 Å². The molecule has 2 aliphatic rings. The zero-order valence-electron chi connectivity index (χ0n) is 25.1. The first-order valence-corrected chi connectivity index (χ1v) is 15.4. The summed E-state index contributed by atoms with van der Waals surface area (Å²) in [6.45, 7) is 7.19. The number of nitrogens with zero attached hydrogens (tertiary/aromatic N) is 7. The first-order valence-electron chi connectivity index (χ1n) is 15.0. The van der Waals surface area contributed by atoms with Crippen molar-refractivity contribution in [1.29, 1.82) is 0 Å². The van der Waals surface area contributed by atoms with E-state index in [9.17, 15) is 4.79 Å². The van der Waals surface area contributed by atoms with Crippen LogP contribution < -0.4 is 4.90 Å². The van der Waals surface area contributed by atoms with Gasteiger partial charge in [0.25, 0.3) is 0 Å². The lowest BCUT2D eigenvalue weighted by Crippen LogP contribution is -2.50. The second kappa shape index (κ2) is 10.3. The second-order valence-electron chi connectivity index (χ2n) is 12.7. The van der Waals surface area contributed by atoms with E-state index in [-0.39, 0.29) is 18.2 Å². The molecule has 0 radical (unpaired) electrons. The number of anilines is 1. The zero-order valence-corrected chi connectivity index (χ0v) is 25.9. The molecule has 0 aliphatic carbocycles. The maximum atomic E-state index is 12.7. The summed E-state index contributed by atoms with van der Waals surface area (Å²) in [7, 11) is 0. The Morgan fingerprint density at radius 2 is 1.76 bits per heavy atom. The molecule has 1 N–H and O–H groups in total. The fourth-order valence-electron chi connectivity index (χ4n) is 6.69. The summed E-state index contributed by atoms with van der Waals surface area (Å²) in [5.74, 6) is 0. The molecule has 0 spiro atoms. The smallest absolute Gasteiger partial charge is 0.410 e. The summed E-state index contributed by atoms with van der Waals surface area (Å²) in [5, 5.41) is 13.9. The van der Waals surface area contributed by atoms with Crippen LogP contribution in [-0.2, 0) is 4.74 Å². The maximum absolute atomic E-state index is 12.7. The molecule has 2 aromatic carbocycles. The predicted octanol–water partition coefficient (Wildman–Crippen LogP) is 6.85. The number of hydrogen-bond donors (Lipinski definition) is 1. The number of hydrogen-bond acceptors (Lipinski definition) is 7. The minimum absolute atomic E-state index is 0.160. The van der Waals surface area contributed by atoms with E-state index in [1.54, 1.807) is 18.6 Å². The second-order valence-corrected chi connectivity index (χ2v) is 13.1. The fraction of sp³-hybridized carbons (Fsp3) is 0.265. The molecule has 0 saturated carbocycles. The van der Waals surface area contributed by atoms with Crippen molar-refractivity contribution >= 4 is 39.9 Å². The highest BCUT2D eigenvalue weighted by Gasteiger charge is 2.46. The average molecular weight is 619 g/mol. The SMILES string of the molecule is CC(C)(C)OC(=O)N1C[C@@H]2C[C@H]1CN2c1ccc(-c2ccnc3c(-c4ccc(Cl)c5[nH]ncc45)c(-c4ccncc4)nn23)cc1. The van der Waals surface area contributed by atoms with Gasteiger partial charge in [0, 0.05) is 59.9 Å². The molecule has 0 unspecified atom stereocenters. The number of rotatable bonds is 4. The third-order valence-corrected chi connectivity index (χ3v) is 8.98. The summed E-state index contributed by atoms with van der Waals surface area (Å²) in [6.07, 6.45) is 7.88. The van der Waals surface area contributed by atoms with Gasteiger partial charge >= 0.3 is 6.09 Å². The number of carbonyl (C=O) groups excluding carboxylic acids is 1.